The highest BCUT2D eigenvalue weighted by Crippen LogP contribution is 2.37. The van der Waals surface area contributed by atoms with Gasteiger partial charge in [-0.25, -0.2) is 4.98 Å². The molecular formula is C22H21BrN6O. The van der Waals surface area contributed by atoms with Crippen molar-refractivity contribution in [2.24, 2.45) is 10.9 Å². The molecule has 1 saturated carbocycles. The Balaban J connectivity index is 1.24. The van der Waals surface area contributed by atoms with Crippen LogP contribution in [-0.4, -0.2) is 27.5 Å². The van der Waals surface area contributed by atoms with Crippen molar-refractivity contribution in [2.75, 3.05) is 17.2 Å². The molecule has 0 unspecified atom stereocenters. The molecule has 1 aliphatic carbocycles. The molecule has 2 N–H and O–H groups in total. The minimum atomic E-state index is 0.441. The lowest BCUT2D eigenvalue weighted by atomic mass is 10.1. The first-order valence-electron chi connectivity index (χ1n) is 9.95. The maximum Gasteiger partial charge on any atom is 0.225 e. The fourth-order valence-electron chi connectivity index (χ4n) is 3.41. The van der Waals surface area contributed by atoms with Crippen LogP contribution in [0.3, 0.4) is 0 Å². The lowest BCUT2D eigenvalue weighted by molar-refractivity contribution is 0.390. The summed E-state index contributed by atoms with van der Waals surface area (Å²) >= 11 is 3.48. The van der Waals surface area contributed by atoms with E-state index in [0.717, 1.165) is 45.5 Å². The largest absolute Gasteiger partial charge is 0.359 e. The summed E-state index contributed by atoms with van der Waals surface area (Å²) in [5, 5.41) is 10.7. The number of amidine groups is 1. The predicted octanol–water partition coefficient (Wildman–Crippen LogP) is 4.98. The second kappa shape index (κ2) is 8.02. The van der Waals surface area contributed by atoms with Crippen LogP contribution < -0.4 is 10.6 Å². The molecule has 152 valence electrons. The number of hydrogen-bond donors (Lipinski definition) is 2. The summed E-state index contributed by atoms with van der Waals surface area (Å²) in [6, 6.07) is 11.8. The standard InChI is InChI=1S/C22H21BrN6O/c1-13-7-21(27-20-9-16(11-24-20)14-5-6-14)28-22(26-13)25-12-18-10-19(29-30-18)15-3-2-4-17(23)8-15/h2-4,7-10,14H,5-6,11-12H2,1H3,(H2,24,25,26,27,28). The predicted molar refractivity (Wildman–Crippen MR) is 120 cm³/mol. The highest BCUT2D eigenvalue weighted by atomic mass is 79.9. The SMILES string of the molecule is Cc1cc(NC2=NCC(C3CC3)=C2)nc(NCc2cc(-c3cccc(Br)c3)no2)n1. The summed E-state index contributed by atoms with van der Waals surface area (Å²) in [5.41, 5.74) is 4.08. The monoisotopic (exact) mass is 464 g/mol. The van der Waals surface area contributed by atoms with Crippen molar-refractivity contribution in [3.8, 4) is 11.3 Å². The van der Waals surface area contributed by atoms with Crippen molar-refractivity contribution in [1.82, 2.24) is 15.1 Å². The quantitative estimate of drug-likeness (QED) is 0.534. The zero-order valence-electron chi connectivity index (χ0n) is 16.5. The van der Waals surface area contributed by atoms with Gasteiger partial charge in [0.15, 0.2) is 5.76 Å². The van der Waals surface area contributed by atoms with E-state index in [0.29, 0.717) is 18.3 Å². The summed E-state index contributed by atoms with van der Waals surface area (Å²) in [6.45, 7) is 3.18. The van der Waals surface area contributed by atoms with Crippen LogP contribution in [0.2, 0.25) is 0 Å². The van der Waals surface area contributed by atoms with Crippen LogP contribution in [0.1, 0.15) is 24.3 Å². The van der Waals surface area contributed by atoms with Crippen LogP contribution in [0.4, 0.5) is 11.8 Å². The maximum atomic E-state index is 5.46. The first-order chi connectivity index (χ1) is 14.6. The Bertz CT molecular complexity index is 1150. The first-order valence-corrected chi connectivity index (χ1v) is 10.7. The third-order valence-electron chi connectivity index (χ3n) is 5.07. The Morgan fingerprint density at radius 3 is 2.90 bits per heavy atom. The Kier molecular flexibility index (Phi) is 5.08. The van der Waals surface area contributed by atoms with Crippen molar-refractivity contribution < 1.29 is 4.52 Å². The zero-order chi connectivity index (χ0) is 20.5. The fraction of sp³-hybridized carbons (Fsp3) is 0.273. The van der Waals surface area contributed by atoms with Crippen molar-refractivity contribution in [3.05, 3.63) is 64.0 Å². The molecule has 2 aromatic heterocycles. The smallest absolute Gasteiger partial charge is 0.225 e. The highest BCUT2D eigenvalue weighted by molar-refractivity contribution is 9.10. The Hall–Kier alpha value is -3.00. The van der Waals surface area contributed by atoms with E-state index in [2.05, 4.69) is 52.8 Å². The van der Waals surface area contributed by atoms with Crippen molar-refractivity contribution in [1.29, 1.82) is 0 Å². The summed E-state index contributed by atoms with van der Waals surface area (Å²) in [4.78, 5) is 13.6. The minimum absolute atomic E-state index is 0.441. The van der Waals surface area contributed by atoms with E-state index < -0.39 is 0 Å². The summed E-state index contributed by atoms with van der Waals surface area (Å²) in [7, 11) is 0. The van der Waals surface area contributed by atoms with E-state index in [4.69, 9.17) is 4.52 Å². The molecule has 0 saturated heterocycles. The zero-order valence-corrected chi connectivity index (χ0v) is 18.1. The van der Waals surface area contributed by atoms with Gasteiger partial charge in [-0.05, 0) is 49.5 Å². The number of aliphatic imine (C=N–C) groups is 1. The molecule has 0 radical (unpaired) electrons. The normalized spacial score (nSPS) is 15.7. The molecule has 0 atom stereocenters. The van der Waals surface area contributed by atoms with E-state index in [9.17, 15) is 0 Å². The van der Waals surface area contributed by atoms with Crippen LogP contribution >= 0.6 is 15.9 Å². The number of nitrogens with zero attached hydrogens (tertiary/aromatic N) is 4. The molecule has 0 bridgehead atoms. The van der Waals surface area contributed by atoms with Gasteiger partial charge in [0.05, 0.1) is 13.1 Å². The van der Waals surface area contributed by atoms with Gasteiger partial charge < -0.3 is 15.2 Å². The Labute approximate surface area is 182 Å². The number of aryl methyl sites for hydroxylation is 1. The number of rotatable bonds is 6. The van der Waals surface area contributed by atoms with Gasteiger partial charge in [-0.3, -0.25) is 4.99 Å². The molecule has 8 heteroatoms. The molecule has 30 heavy (non-hydrogen) atoms. The number of aromatic nitrogens is 3. The molecule has 7 nitrogen and oxygen atoms in total. The van der Waals surface area contributed by atoms with Gasteiger partial charge in [0.2, 0.25) is 5.95 Å². The van der Waals surface area contributed by atoms with Crippen LogP contribution in [0.25, 0.3) is 11.3 Å². The molecular weight excluding hydrogens is 444 g/mol. The number of hydrogen-bond acceptors (Lipinski definition) is 7. The van der Waals surface area contributed by atoms with Crippen LogP contribution in [0.15, 0.2) is 62.0 Å². The molecule has 0 amide bonds. The second-order valence-electron chi connectivity index (χ2n) is 7.58. The number of halogens is 1. The van der Waals surface area contributed by atoms with Gasteiger partial charge in [-0.15, -0.1) is 0 Å². The average Bonchev–Trinajstić information content (AvgIpc) is 3.28. The van der Waals surface area contributed by atoms with E-state index in [1.807, 2.05) is 43.3 Å². The molecule has 3 aromatic rings. The van der Waals surface area contributed by atoms with Crippen molar-refractivity contribution in [3.63, 3.8) is 0 Å². The molecule has 1 fully saturated rings. The van der Waals surface area contributed by atoms with Crippen molar-refractivity contribution >= 4 is 33.5 Å². The van der Waals surface area contributed by atoms with E-state index >= 15 is 0 Å². The average molecular weight is 465 g/mol. The molecule has 1 aromatic carbocycles. The molecule has 3 heterocycles. The summed E-state index contributed by atoms with van der Waals surface area (Å²) in [5.74, 6) is 3.57. The number of anilines is 2. The van der Waals surface area contributed by atoms with Gasteiger partial charge in [0, 0.05) is 27.9 Å². The lowest BCUT2D eigenvalue weighted by Crippen LogP contribution is -2.11. The van der Waals surface area contributed by atoms with Crippen LogP contribution in [-0.2, 0) is 6.54 Å². The molecule has 1 aliphatic heterocycles. The third kappa shape index (κ3) is 4.43. The van der Waals surface area contributed by atoms with Gasteiger partial charge >= 0.3 is 0 Å². The second-order valence-corrected chi connectivity index (χ2v) is 8.50. The number of benzene rings is 1. The van der Waals surface area contributed by atoms with Gasteiger partial charge in [0.25, 0.3) is 0 Å². The van der Waals surface area contributed by atoms with Crippen molar-refractivity contribution in [2.45, 2.75) is 26.3 Å². The van der Waals surface area contributed by atoms with Gasteiger partial charge in [-0.2, -0.15) is 4.98 Å². The minimum Gasteiger partial charge on any atom is -0.359 e. The van der Waals surface area contributed by atoms with E-state index in [1.165, 1.54) is 18.4 Å². The van der Waals surface area contributed by atoms with E-state index in [-0.39, 0.29) is 0 Å². The van der Waals surface area contributed by atoms with Crippen LogP contribution in [0.5, 0.6) is 0 Å². The number of nitrogens with one attached hydrogen (secondary N) is 2. The fourth-order valence-corrected chi connectivity index (χ4v) is 3.81. The highest BCUT2D eigenvalue weighted by Gasteiger charge is 2.27. The lowest BCUT2D eigenvalue weighted by Gasteiger charge is -2.08. The van der Waals surface area contributed by atoms with Crippen LogP contribution in [0, 0.1) is 12.8 Å². The summed E-state index contributed by atoms with van der Waals surface area (Å²) in [6.07, 6.45) is 4.74. The maximum absolute atomic E-state index is 5.46. The first kappa shape index (κ1) is 19.0. The van der Waals surface area contributed by atoms with Gasteiger partial charge in [-0.1, -0.05) is 33.2 Å². The molecule has 2 aliphatic rings. The molecule has 5 rings (SSSR count). The third-order valence-corrected chi connectivity index (χ3v) is 5.56. The Morgan fingerprint density at radius 1 is 1.17 bits per heavy atom. The molecule has 0 spiro atoms. The van der Waals surface area contributed by atoms with Gasteiger partial charge in [0.1, 0.15) is 17.3 Å². The summed E-state index contributed by atoms with van der Waals surface area (Å²) < 4.78 is 6.46. The Morgan fingerprint density at radius 2 is 2.07 bits per heavy atom. The topological polar surface area (TPSA) is 88.2 Å². The van der Waals surface area contributed by atoms with E-state index in [1.54, 1.807) is 0 Å².